The van der Waals surface area contributed by atoms with Gasteiger partial charge in [-0.05, 0) is 47.6 Å². The van der Waals surface area contributed by atoms with Gasteiger partial charge in [-0.15, -0.1) is 0 Å². The van der Waals surface area contributed by atoms with E-state index in [0.717, 1.165) is 29.5 Å². The van der Waals surface area contributed by atoms with Gasteiger partial charge in [0, 0.05) is 13.1 Å². The predicted octanol–water partition coefficient (Wildman–Crippen LogP) is 2.98. The Labute approximate surface area is 152 Å². The highest BCUT2D eigenvalue weighted by atomic mass is 19.1. The highest BCUT2D eigenvalue weighted by Crippen LogP contribution is 2.36. The Balaban J connectivity index is 1.56. The molecule has 2 aliphatic rings. The standard InChI is InChI=1S/C21H21FN2O2/c22-17-9-7-14(8-10-17)12-23-21(26)20-18-4-2-1-3-16(18)11-19(25)24(20)13-15-5-6-15/h1-4,7-10,15,20H,5-6,11-13H2,(H,23,26). The lowest BCUT2D eigenvalue weighted by Crippen LogP contribution is -2.48. The highest BCUT2D eigenvalue weighted by molar-refractivity contribution is 5.92. The Bertz CT molecular complexity index is 830. The number of rotatable bonds is 5. The Morgan fingerprint density at radius 2 is 1.85 bits per heavy atom. The second kappa shape index (κ2) is 6.90. The maximum absolute atomic E-state index is 13.0. The molecule has 0 bridgehead atoms. The van der Waals surface area contributed by atoms with Crippen LogP contribution in [0.3, 0.4) is 0 Å². The molecule has 2 aromatic rings. The Morgan fingerprint density at radius 1 is 1.12 bits per heavy atom. The lowest BCUT2D eigenvalue weighted by molar-refractivity contribution is -0.142. The molecule has 5 heteroatoms. The summed E-state index contributed by atoms with van der Waals surface area (Å²) in [7, 11) is 0. The van der Waals surface area contributed by atoms with Crippen LogP contribution in [0.1, 0.15) is 35.6 Å². The third-order valence-corrected chi connectivity index (χ3v) is 5.10. The number of nitrogens with zero attached hydrogens (tertiary/aromatic N) is 1. The summed E-state index contributed by atoms with van der Waals surface area (Å²) in [5.74, 6) is 0.0344. The number of benzene rings is 2. The fraction of sp³-hybridized carbons (Fsp3) is 0.333. The average Bonchev–Trinajstić information content (AvgIpc) is 3.46. The molecule has 1 heterocycles. The third-order valence-electron chi connectivity index (χ3n) is 5.10. The average molecular weight is 352 g/mol. The van der Waals surface area contributed by atoms with E-state index in [2.05, 4.69) is 5.32 Å². The van der Waals surface area contributed by atoms with Crippen molar-refractivity contribution in [3.05, 3.63) is 71.0 Å². The van der Waals surface area contributed by atoms with E-state index >= 15 is 0 Å². The summed E-state index contributed by atoms with van der Waals surface area (Å²) >= 11 is 0. The fourth-order valence-corrected chi connectivity index (χ4v) is 3.49. The molecule has 2 aromatic carbocycles. The summed E-state index contributed by atoms with van der Waals surface area (Å²) < 4.78 is 13.0. The molecule has 1 unspecified atom stereocenters. The Kier molecular flexibility index (Phi) is 4.45. The van der Waals surface area contributed by atoms with Crippen molar-refractivity contribution < 1.29 is 14.0 Å². The molecule has 0 spiro atoms. The van der Waals surface area contributed by atoms with Gasteiger partial charge >= 0.3 is 0 Å². The predicted molar refractivity (Wildman–Crippen MR) is 95.6 cm³/mol. The number of carbonyl (C=O) groups excluding carboxylic acids is 2. The van der Waals surface area contributed by atoms with E-state index in [1.54, 1.807) is 17.0 Å². The molecule has 1 aliphatic heterocycles. The Hall–Kier alpha value is -2.69. The van der Waals surface area contributed by atoms with Crippen LogP contribution < -0.4 is 5.32 Å². The number of halogens is 1. The molecule has 0 radical (unpaired) electrons. The minimum absolute atomic E-state index is 0.0116. The summed E-state index contributed by atoms with van der Waals surface area (Å²) in [5.41, 5.74) is 2.65. The normalized spacial score (nSPS) is 19.2. The van der Waals surface area contributed by atoms with Gasteiger partial charge in [0.1, 0.15) is 11.9 Å². The maximum Gasteiger partial charge on any atom is 0.247 e. The van der Waals surface area contributed by atoms with Gasteiger partial charge in [0.25, 0.3) is 0 Å². The summed E-state index contributed by atoms with van der Waals surface area (Å²) in [6.07, 6.45) is 2.59. The van der Waals surface area contributed by atoms with Gasteiger partial charge < -0.3 is 10.2 Å². The first kappa shape index (κ1) is 16.8. The van der Waals surface area contributed by atoms with Gasteiger partial charge in [-0.25, -0.2) is 4.39 Å². The van der Waals surface area contributed by atoms with E-state index in [1.165, 1.54) is 12.1 Å². The molecule has 0 saturated heterocycles. The minimum Gasteiger partial charge on any atom is -0.350 e. The molecule has 0 aromatic heterocycles. The van der Waals surface area contributed by atoms with Gasteiger partial charge in [0.05, 0.1) is 6.42 Å². The number of carbonyl (C=O) groups is 2. The SMILES string of the molecule is O=C(NCc1ccc(F)cc1)C1c2ccccc2CC(=O)N1CC1CC1. The van der Waals surface area contributed by atoms with E-state index in [-0.39, 0.29) is 17.6 Å². The lowest BCUT2D eigenvalue weighted by Gasteiger charge is -2.36. The summed E-state index contributed by atoms with van der Waals surface area (Å²) in [6, 6.07) is 13.1. The fourth-order valence-electron chi connectivity index (χ4n) is 3.49. The van der Waals surface area contributed by atoms with E-state index in [0.29, 0.717) is 25.4 Å². The monoisotopic (exact) mass is 352 g/mol. The van der Waals surface area contributed by atoms with Crippen LogP contribution >= 0.6 is 0 Å². The molecular weight excluding hydrogens is 331 g/mol. The van der Waals surface area contributed by atoms with Gasteiger partial charge in [0.15, 0.2) is 0 Å². The minimum atomic E-state index is -0.589. The lowest BCUT2D eigenvalue weighted by atomic mass is 9.91. The first-order chi connectivity index (χ1) is 12.6. The highest BCUT2D eigenvalue weighted by Gasteiger charge is 2.39. The molecule has 4 nitrogen and oxygen atoms in total. The van der Waals surface area contributed by atoms with Crippen LogP contribution in [0.2, 0.25) is 0 Å². The van der Waals surface area contributed by atoms with Crippen molar-refractivity contribution in [3.8, 4) is 0 Å². The quantitative estimate of drug-likeness (QED) is 0.899. The molecule has 1 aliphatic carbocycles. The zero-order valence-corrected chi connectivity index (χ0v) is 14.5. The second-order valence-electron chi connectivity index (χ2n) is 7.11. The van der Waals surface area contributed by atoms with Crippen LogP contribution in [0.15, 0.2) is 48.5 Å². The summed E-state index contributed by atoms with van der Waals surface area (Å²) in [4.78, 5) is 27.4. The first-order valence-corrected chi connectivity index (χ1v) is 9.01. The zero-order chi connectivity index (χ0) is 18.1. The molecule has 1 fully saturated rings. The van der Waals surface area contributed by atoms with Crippen molar-refractivity contribution in [3.63, 3.8) is 0 Å². The van der Waals surface area contributed by atoms with Crippen LogP contribution in [-0.2, 0) is 22.6 Å². The van der Waals surface area contributed by atoms with Crippen molar-refractivity contribution in [2.75, 3.05) is 6.54 Å². The maximum atomic E-state index is 13.0. The van der Waals surface area contributed by atoms with Crippen molar-refractivity contribution in [2.24, 2.45) is 5.92 Å². The smallest absolute Gasteiger partial charge is 0.247 e. The van der Waals surface area contributed by atoms with E-state index in [1.807, 2.05) is 24.3 Å². The van der Waals surface area contributed by atoms with Crippen LogP contribution in [0.5, 0.6) is 0 Å². The number of fused-ring (bicyclic) bond motifs is 1. The van der Waals surface area contributed by atoms with E-state index < -0.39 is 6.04 Å². The molecular formula is C21H21FN2O2. The van der Waals surface area contributed by atoms with E-state index in [4.69, 9.17) is 0 Å². The number of hydrogen-bond donors (Lipinski definition) is 1. The summed E-state index contributed by atoms with van der Waals surface area (Å²) in [5, 5.41) is 2.92. The van der Waals surface area contributed by atoms with Crippen molar-refractivity contribution in [1.29, 1.82) is 0 Å². The summed E-state index contributed by atoms with van der Waals surface area (Å²) in [6.45, 7) is 0.949. The number of nitrogens with one attached hydrogen (secondary N) is 1. The first-order valence-electron chi connectivity index (χ1n) is 9.01. The largest absolute Gasteiger partial charge is 0.350 e. The third kappa shape index (κ3) is 3.47. The Morgan fingerprint density at radius 3 is 2.58 bits per heavy atom. The van der Waals surface area contributed by atoms with Gasteiger partial charge in [0.2, 0.25) is 11.8 Å². The van der Waals surface area contributed by atoms with Crippen LogP contribution in [0, 0.1) is 11.7 Å². The molecule has 2 amide bonds. The van der Waals surface area contributed by atoms with Crippen molar-refractivity contribution in [2.45, 2.75) is 31.8 Å². The van der Waals surface area contributed by atoms with Gasteiger partial charge in [-0.2, -0.15) is 0 Å². The van der Waals surface area contributed by atoms with Crippen LogP contribution in [0.25, 0.3) is 0 Å². The molecule has 4 rings (SSSR count). The number of hydrogen-bond acceptors (Lipinski definition) is 2. The zero-order valence-electron chi connectivity index (χ0n) is 14.5. The number of amides is 2. The molecule has 1 N–H and O–H groups in total. The molecule has 1 saturated carbocycles. The van der Waals surface area contributed by atoms with E-state index in [9.17, 15) is 14.0 Å². The molecule has 1 atom stereocenters. The van der Waals surface area contributed by atoms with Crippen LogP contribution in [0.4, 0.5) is 4.39 Å². The van der Waals surface area contributed by atoms with Crippen molar-refractivity contribution in [1.82, 2.24) is 10.2 Å². The molecule has 134 valence electrons. The van der Waals surface area contributed by atoms with Crippen molar-refractivity contribution >= 4 is 11.8 Å². The molecule has 26 heavy (non-hydrogen) atoms. The second-order valence-corrected chi connectivity index (χ2v) is 7.11. The topological polar surface area (TPSA) is 49.4 Å². The van der Waals surface area contributed by atoms with Crippen LogP contribution in [-0.4, -0.2) is 23.3 Å². The van der Waals surface area contributed by atoms with Gasteiger partial charge in [-0.3, -0.25) is 9.59 Å². The van der Waals surface area contributed by atoms with Gasteiger partial charge in [-0.1, -0.05) is 36.4 Å².